The molecule has 1 aliphatic heterocycles. The molecule has 1 saturated carbocycles. The van der Waals surface area contributed by atoms with Gasteiger partial charge in [0.15, 0.2) is 5.76 Å². The quantitative estimate of drug-likeness (QED) is 0.161. The van der Waals surface area contributed by atoms with Gasteiger partial charge in [0.1, 0.15) is 11.3 Å². The Bertz CT molecular complexity index is 1910. The molecule has 0 radical (unpaired) electrons. The number of unbranched alkanes of at least 4 members (excludes halogenated alkanes) is 1. The maximum atomic E-state index is 14.2. The summed E-state index contributed by atoms with van der Waals surface area (Å²) < 4.78 is 6.44. The number of benzene rings is 1. The molecule has 3 aliphatic rings. The number of carbonyl (C=O) groups excluding carboxylic acids is 2. The van der Waals surface area contributed by atoms with E-state index in [1.807, 2.05) is 50.3 Å². The van der Waals surface area contributed by atoms with Gasteiger partial charge in [-0.05, 0) is 104 Å². The minimum atomic E-state index is -0.288. The van der Waals surface area contributed by atoms with E-state index in [1.54, 1.807) is 16.9 Å². The molecule has 4 heterocycles. The van der Waals surface area contributed by atoms with Crippen LogP contribution in [0.3, 0.4) is 0 Å². The third-order valence-electron chi connectivity index (χ3n) is 11.7. The summed E-state index contributed by atoms with van der Waals surface area (Å²) >= 11 is 3.76. The van der Waals surface area contributed by atoms with Gasteiger partial charge in [0.2, 0.25) is 0 Å². The van der Waals surface area contributed by atoms with E-state index < -0.39 is 0 Å². The highest BCUT2D eigenvalue weighted by Crippen LogP contribution is 2.65. The molecule has 274 valence electrons. The molecule has 2 unspecified atom stereocenters. The van der Waals surface area contributed by atoms with Gasteiger partial charge in [0, 0.05) is 20.0 Å². The van der Waals surface area contributed by atoms with Crippen LogP contribution in [0.5, 0.6) is 0 Å². The van der Waals surface area contributed by atoms with Gasteiger partial charge in [-0.3, -0.25) is 9.59 Å². The van der Waals surface area contributed by atoms with Crippen LogP contribution in [0.15, 0.2) is 34.7 Å². The third-order valence-corrected chi connectivity index (χ3v) is 14.6. The molecule has 0 N–H and O–H groups in total. The lowest BCUT2D eigenvalue weighted by Gasteiger charge is -2.43. The molecular formula is C45H59NO3S2. The summed E-state index contributed by atoms with van der Waals surface area (Å²) in [5.41, 5.74) is 6.71. The van der Waals surface area contributed by atoms with Gasteiger partial charge in [0.25, 0.3) is 11.8 Å². The summed E-state index contributed by atoms with van der Waals surface area (Å²) in [5, 5.41) is 0. The minimum absolute atomic E-state index is 0.0373. The fourth-order valence-corrected chi connectivity index (χ4v) is 11.5. The summed E-state index contributed by atoms with van der Waals surface area (Å²) in [5.74, 6) is 1.77. The van der Waals surface area contributed by atoms with Crippen molar-refractivity contribution in [3.63, 3.8) is 0 Å². The summed E-state index contributed by atoms with van der Waals surface area (Å²) in [7, 11) is 0. The Kier molecular flexibility index (Phi) is 11.0. The molecular weight excluding hydrogens is 667 g/mol. The van der Waals surface area contributed by atoms with Crippen molar-refractivity contribution in [3.05, 3.63) is 74.3 Å². The Morgan fingerprint density at radius 3 is 2.14 bits per heavy atom. The first kappa shape index (κ1) is 37.8. The van der Waals surface area contributed by atoms with Crippen molar-refractivity contribution in [1.82, 2.24) is 0 Å². The van der Waals surface area contributed by atoms with Gasteiger partial charge in [-0.15, -0.1) is 22.7 Å². The van der Waals surface area contributed by atoms with E-state index in [1.165, 1.54) is 95.7 Å². The van der Waals surface area contributed by atoms with Crippen molar-refractivity contribution < 1.29 is 14.0 Å². The lowest BCUT2D eigenvalue weighted by atomic mass is 9.60. The number of hydrogen-bond donors (Lipinski definition) is 0. The molecule has 1 fully saturated rings. The molecule has 7 rings (SSSR count). The highest BCUT2D eigenvalue weighted by atomic mass is 32.1. The van der Waals surface area contributed by atoms with E-state index in [-0.39, 0.29) is 22.6 Å². The van der Waals surface area contributed by atoms with Gasteiger partial charge in [0.05, 0.1) is 16.1 Å². The zero-order valence-electron chi connectivity index (χ0n) is 32.8. The summed E-state index contributed by atoms with van der Waals surface area (Å²) in [6, 6.07) is 10.8. The average Bonchev–Trinajstić information content (AvgIpc) is 3.89. The molecule has 6 heteroatoms. The highest BCUT2D eigenvalue weighted by molar-refractivity contribution is 7.24. The lowest BCUT2D eigenvalue weighted by molar-refractivity contribution is 0.0923. The van der Waals surface area contributed by atoms with Crippen LogP contribution < -0.4 is 4.90 Å². The van der Waals surface area contributed by atoms with Crippen molar-refractivity contribution in [3.8, 4) is 20.4 Å². The summed E-state index contributed by atoms with van der Waals surface area (Å²) in [4.78, 5) is 34.7. The van der Waals surface area contributed by atoms with Crippen LogP contribution in [0.1, 0.15) is 173 Å². The number of amides is 2. The molecule has 0 spiro atoms. The van der Waals surface area contributed by atoms with Crippen LogP contribution in [0.2, 0.25) is 0 Å². The van der Waals surface area contributed by atoms with E-state index in [4.69, 9.17) is 4.42 Å². The molecule has 3 aromatic heterocycles. The van der Waals surface area contributed by atoms with Gasteiger partial charge in [-0.1, -0.05) is 106 Å². The summed E-state index contributed by atoms with van der Waals surface area (Å²) in [6.45, 7) is 21.9. The zero-order chi connectivity index (χ0) is 36.8. The molecule has 51 heavy (non-hydrogen) atoms. The SMILES string of the molecule is CCC.CCCCC(CC)CC1(C2CCCCC2)c2cc(-c3oc(C)c4c3C(=O)N(c3ccc(C)c(C)c3)C4=O)sc2-c2sc(C(C)(C)C)cc21. The number of furan rings is 1. The number of fused-ring (bicyclic) bond motifs is 4. The van der Waals surface area contributed by atoms with Gasteiger partial charge in [-0.25, -0.2) is 4.90 Å². The molecule has 0 saturated heterocycles. The topological polar surface area (TPSA) is 50.5 Å². The second kappa shape index (κ2) is 14.8. The maximum absolute atomic E-state index is 14.2. The van der Waals surface area contributed by atoms with Crippen LogP contribution in [-0.2, 0) is 10.8 Å². The number of nitrogens with zero attached hydrogens (tertiary/aromatic N) is 1. The lowest BCUT2D eigenvalue weighted by Crippen LogP contribution is -2.38. The summed E-state index contributed by atoms with van der Waals surface area (Å²) in [6.07, 6.45) is 13.9. The number of rotatable bonds is 9. The van der Waals surface area contributed by atoms with Crippen LogP contribution in [0.4, 0.5) is 5.69 Å². The number of anilines is 1. The predicted octanol–water partition coefficient (Wildman–Crippen LogP) is 14.0. The van der Waals surface area contributed by atoms with Crippen LogP contribution in [0, 0.1) is 32.6 Å². The van der Waals surface area contributed by atoms with Crippen molar-refractivity contribution in [1.29, 1.82) is 0 Å². The molecule has 1 aromatic carbocycles. The van der Waals surface area contributed by atoms with Crippen molar-refractivity contribution in [2.24, 2.45) is 11.8 Å². The van der Waals surface area contributed by atoms with E-state index in [2.05, 4.69) is 60.6 Å². The van der Waals surface area contributed by atoms with Gasteiger partial charge < -0.3 is 4.42 Å². The Morgan fingerprint density at radius 2 is 1.51 bits per heavy atom. The number of thiophene rings is 2. The van der Waals surface area contributed by atoms with Crippen LogP contribution >= 0.6 is 22.7 Å². The Balaban J connectivity index is 0.00000144. The first-order valence-corrected chi connectivity index (χ1v) is 21.3. The highest BCUT2D eigenvalue weighted by Gasteiger charge is 2.53. The van der Waals surface area contributed by atoms with E-state index in [0.717, 1.165) is 16.0 Å². The molecule has 0 bridgehead atoms. The van der Waals surface area contributed by atoms with Crippen LogP contribution in [-0.4, -0.2) is 11.8 Å². The standard InChI is InChI=1S/C42H51NO3S2.C3H8/c1-9-11-15-27(10-2)23-42(28-16-13-12-14-17-28)30-21-32(47-37(30)38-31(42)22-33(48-38)41(6,7)8)36-35-34(26(5)46-36)39(44)43(40(35)45)29-19-18-24(3)25(4)20-29;1-3-2/h18-22,27-28H,9-17,23H2,1-8H3;3H2,1-2H3. The molecule has 2 amide bonds. The monoisotopic (exact) mass is 725 g/mol. The Labute approximate surface area is 315 Å². The van der Waals surface area contributed by atoms with E-state index in [9.17, 15) is 9.59 Å². The second-order valence-corrected chi connectivity index (χ2v) is 18.6. The first-order chi connectivity index (χ1) is 24.3. The van der Waals surface area contributed by atoms with Crippen LogP contribution in [0.25, 0.3) is 20.4 Å². The number of hydrogen-bond acceptors (Lipinski definition) is 5. The first-order valence-electron chi connectivity index (χ1n) is 19.7. The number of aryl methyl sites for hydroxylation is 3. The smallest absolute Gasteiger partial charge is 0.270 e. The van der Waals surface area contributed by atoms with Gasteiger partial charge >= 0.3 is 0 Å². The van der Waals surface area contributed by atoms with Crippen molar-refractivity contribution in [2.45, 2.75) is 151 Å². The fourth-order valence-electron chi connectivity index (χ4n) is 8.82. The Hall–Kier alpha value is -2.96. The van der Waals surface area contributed by atoms with E-state index in [0.29, 0.717) is 40.2 Å². The number of carbonyl (C=O) groups is 2. The van der Waals surface area contributed by atoms with Crippen molar-refractivity contribution >= 4 is 40.2 Å². The van der Waals surface area contributed by atoms with Crippen molar-refractivity contribution in [2.75, 3.05) is 4.90 Å². The second-order valence-electron chi connectivity index (χ2n) is 16.5. The maximum Gasteiger partial charge on any atom is 0.270 e. The average molecular weight is 726 g/mol. The molecule has 2 aliphatic carbocycles. The number of imide groups is 1. The minimum Gasteiger partial charge on any atom is -0.459 e. The normalized spacial score (nSPS) is 19.2. The Morgan fingerprint density at radius 1 is 0.863 bits per heavy atom. The largest absolute Gasteiger partial charge is 0.459 e. The molecule has 4 aromatic rings. The van der Waals surface area contributed by atoms with E-state index >= 15 is 0 Å². The third kappa shape index (κ3) is 6.51. The van der Waals surface area contributed by atoms with Gasteiger partial charge in [-0.2, -0.15) is 0 Å². The molecule has 2 atom stereocenters. The zero-order valence-corrected chi connectivity index (χ0v) is 34.4. The fraction of sp³-hybridized carbons (Fsp3) is 0.556. The molecule has 4 nitrogen and oxygen atoms in total. The predicted molar refractivity (Wildman–Crippen MR) is 217 cm³/mol.